The summed E-state index contributed by atoms with van der Waals surface area (Å²) >= 11 is 0. The fraction of sp³-hybridized carbons (Fsp3) is 0.652. The van der Waals surface area contributed by atoms with Gasteiger partial charge in [-0.15, -0.1) is 0 Å². The highest BCUT2D eigenvalue weighted by Crippen LogP contribution is 2.70. The molecule has 13 heteroatoms. The monoisotopic (exact) mass is 525 g/mol. The summed E-state index contributed by atoms with van der Waals surface area (Å²) in [5.74, 6) is -3.65. The van der Waals surface area contributed by atoms with Gasteiger partial charge in [-0.1, -0.05) is 17.0 Å². The molecule has 0 aromatic heterocycles. The standard InChI is InChI=1S/C23H31N3O9S/c1-32-23(15-4-2-5-16(23)14-25(13-15)7-8-26-9-10-33-21(26)30)17-6-3-11-36(17)34-18(27)12-22(31,19(24)28)20(29)35-36/h3,6,11,15-16,31H,2,4-5,7-10,12-14H2,1H3,(H2,24,28). The van der Waals surface area contributed by atoms with Crippen molar-refractivity contribution in [2.45, 2.75) is 36.9 Å². The Morgan fingerprint density at radius 2 is 1.94 bits per heavy atom. The Bertz CT molecular complexity index is 1030. The Kier molecular flexibility index (Phi) is 6.30. The van der Waals surface area contributed by atoms with E-state index in [-0.39, 0.29) is 17.9 Å². The molecule has 12 nitrogen and oxygen atoms in total. The molecule has 3 N–H and O–H groups in total. The van der Waals surface area contributed by atoms with Crippen molar-refractivity contribution >= 4 is 34.5 Å². The Labute approximate surface area is 210 Å². The van der Waals surface area contributed by atoms with E-state index in [0.717, 1.165) is 19.3 Å². The lowest BCUT2D eigenvalue weighted by Gasteiger charge is -2.58. The average Bonchev–Trinajstić information content (AvgIpc) is 3.39. The van der Waals surface area contributed by atoms with E-state index in [0.29, 0.717) is 44.2 Å². The molecule has 0 aromatic carbocycles. The van der Waals surface area contributed by atoms with Gasteiger partial charge >= 0.3 is 18.0 Å². The maximum Gasteiger partial charge on any atom is 0.409 e. The molecule has 0 aromatic rings. The fourth-order valence-electron chi connectivity index (χ4n) is 6.17. The summed E-state index contributed by atoms with van der Waals surface area (Å²) in [6.07, 6.45) is 4.88. The molecule has 36 heavy (non-hydrogen) atoms. The van der Waals surface area contributed by atoms with Crippen LogP contribution >= 0.6 is 10.6 Å². The number of hydrogen-bond acceptors (Lipinski definition) is 10. The quantitative estimate of drug-likeness (QED) is 0.462. The lowest BCUT2D eigenvalue weighted by atomic mass is 9.65. The number of hydrogen-bond donors (Lipinski definition) is 2. The minimum Gasteiger partial charge on any atom is -0.448 e. The van der Waals surface area contributed by atoms with E-state index in [1.165, 1.54) is 5.41 Å². The Morgan fingerprint density at radius 3 is 2.56 bits per heavy atom. The van der Waals surface area contributed by atoms with Gasteiger partial charge in [-0.3, -0.25) is 4.79 Å². The molecule has 2 bridgehead atoms. The highest BCUT2D eigenvalue weighted by Gasteiger charge is 2.62. The number of nitrogens with zero attached hydrogens (tertiary/aromatic N) is 2. The average molecular weight is 526 g/mol. The highest BCUT2D eigenvalue weighted by atomic mass is 32.3. The van der Waals surface area contributed by atoms with E-state index >= 15 is 0 Å². The third-order valence-electron chi connectivity index (χ3n) is 7.90. The van der Waals surface area contributed by atoms with E-state index < -0.39 is 46.1 Å². The molecule has 1 aliphatic carbocycles. The minimum atomic E-state index is -3.10. The number of rotatable bonds is 6. The van der Waals surface area contributed by atoms with Crippen LogP contribution in [0.4, 0.5) is 4.79 Å². The van der Waals surface area contributed by atoms with Gasteiger partial charge < -0.3 is 38.5 Å². The van der Waals surface area contributed by atoms with Gasteiger partial charge in [-0.25, -0.2) is 14.4 Å². The second kappa shape index (κ2) is 9.05. The van der Waals surface area contributed by atoms with Crippen LogP contribution in [-0.4, -0.2) is 96.5 Å². The summed E-state index contributed by atoms with van der Waals surface area (Å²) in [5, 5.41) is 12.0. The van der Waals surface area contributed by atoms with Gasteiger partial charge in [-0.05, 0) is 25.0 Å². The molecule has 4 heterocycles. The number of carbonyl (C=O) groups is 4. The zero-order valence-corrected chi connectivity index (χ0v) is 20.9. The van der Waals surface area contributed by atoms with E-state index in [1.54, 1.807) is 24.2 Å². The highest BCUT2D eigenvalue weighted by molar-refractivity contribution is 8.32. The van der Waals surface area contributed by atoms with Crippen LogP contribution in [0.15, 0.2) is 22.5 Å². The van der Waals surface area contributed by atoms with E-state index in [4.69, 9.17) is 23.6 Å². The van der Waals surface area contributed by atoms with Gasteiger partial charge in [0.1, 0.15) is 12.2 Å². The van der Waals surface area contributed by atoms with Gasteiger partial charge in [0.2, 0.25) is 0 Å². The normalized spacial score (nSPS) is 40.2. The van der Waals surface area contributed by atoms with Crippen molar-refractivity contribution in [1.82, 2.24) is 9.80 Å². The zero-order valence-electron chi connectivity index (χ0n) is 20.1. The van der Waals surface area contributed by atoms with Crippen LogP contribution in [0.25, 0.3) is 0 Å². The summed E-state index contributed by atoms with van der Waals surface area (Å²) in [4.78, 5) is 53.8. The number of amides is 2. The molecular weight excluding hydrogens is 494 g/mol. The zero-order chi connectivity index (χ0) is 25.7. The molecule has 1 saturated carbocycles. The molecule has 198 valence electrons. The van der Waals surface area contributed by atoms with Crippen molar-refractivity contribution in [2.24, 2.45) is 17.6 Å². The van der Waals surface area contributed by atoms with Gasteiger partial charge in [0.25, 0.3) is 11.5 Å². The van der Waals surface area contributed by atoms with Crippen LogP contribution < -0.4 is 5.73 Å². The van der Waals surface area contributed by atoms with Crippen molar-refractivity contribution in [3.8, 4) is 0 Å². The van der Waals surface area contributed by atoms with E-state index in [2.05, 4.69) is 4.90 Å². The van der Waals surface area contributed by atoms with Gasteiger partial charge in [0.05, 0.1) is 17.9 Å². The SMILES string of the molecule is COC1(C2=CC=CS23OC(=O)CC(O)(C(N)=O)C(=O)O3)C2CCCC1CN(CCN1CCOC1=O)C2. The number of fused-ring (bicyclic) bond motifs is 2. The number of ether oxygens (including phenoxy) is 2. The van der Waals surface area contributed by atoms with Crippen LogP contribution in [-0.2, 0) is 32.2 Å². The number of nitrogens with two attached hydrogens (primary N) is 1. The van der Waals surface area contributed by atoms with Gasteiger partial charge in [0, 0.05) is 50.5 Å². The fourth-order valence-corrected chi connectivity index (χ4v) is 8.75. The van der Waals surface area contributed by atoms with Crippen molar-refractivity contribution in [3.63, 3.8) is 0 Å². The summed E-state index contributed by atoms with van der Waals surface area (Å²) < 4.78 is 22.7. The third kappa shape index (κ3) is 3.80. The topological polar surface area (TPSA) is 158 Å². The van der Waals surface area contributed by atoms with Gasteiger partial charge in [0.15, 0.2) is 0 Å². The van der Waals surface area contributed by atoms with Gasteiger partial charge in [-0.2, -0.15) is 0 Å². The second-order valence-electron chi connectivity index (χ2n) is 9.81. The molecule has 3 saturated heterocycles. The Hall–Kier alpha value is -2.61. The number of allylic oxidation sites excluding steroid dienone is 2. The molecule has 2 amide bonds. The lowest BCUT2D eigenvalue weighted by molar-refractivity contribution is -0.164. The predicted molar refractivity (Wildman–Crippen MR) is 126 cm³/mol. The molecule has 4 aliphatic heterocycles. The molecule has 5 rings (SSSR count). The van der Waals surface area contributed by atoms with E-state index in [1.807, 2.05) is 0 Å². The summed E-state index contributed by atoms with van der Waals surface area (Å²) in [6.45, 7) is 3.59. The van der Waals surface area contributed by atoms with Crippen LogP contribution in [0.3, 0.4) is 0 Å². The number of aliphatic hydroxyl groups is 1. The summed E-state index contributed by atoms with van der Waals surface area (Å²) in [7, 11) is -1.50. The molecule has 4 fully saturated rings. The first kappa shape index (κ1) is 25.1. The molecule has 1 spiro atoms. The predicted octanol–water partition coefficient (Wildman–Crippen LogP) is 0.308. The number of piperidine rings is 1. The Morgan fingerprint density at radius 1 is 1.22 bits per heavy atom. The second-order valence-corrected chi connectivity index (χ2v) is 12.0. The molecule has 4 atom stereocenters. The number of likely N-dealkylation sites (tertiary alicyclic amines) is 1. The summed E-state index contributed by atoms with van der Waals surface area (Å²) in [5.41, 5.74) is 1.55. The molecular formula is C23H31N3O9S. The maximum atomic E-state index is 12.9. The van der Waals surface area contributed by atoms with Crippen molar-refractivity contribution in [3.05, 3.63) is 22.5 Å². The minimum absolute atomic E-state index is 0.00765. The maximum absolute atomic E-state index is 12.9. The van der Waals surface area contributed by atoms with Crippen LogP contribution in [0.2, 0.25) is 0 Å². The van der Waals surface area contributed by atoms with Crippen LogP contribution in [0.1, 0.15) is 25.7 Å². The first-order valence-corrected chi connectivity index (χ1v) is 13.6. The number of cyclic esters (lactones) is 1. The molecule has 0 radical (unpaired) electrons. The van der Waals surface area contributed by atoms with Crippen molar-refractivity contribution in [1.29, 1.82) is 0 Å². The van der Waals surface area contributed by atoms with Crippen molar-refractivity contribution < 1.29 is 42.1 Å². The molecule has 4 unspecified atom stereocenters. The molecule has 5 aliphatic rings. The summed E-state index contributed by atoms with van der Waals surface area (Å²) in [6, 6.07) is 0. The first-order chi connectivity index (χ1) is 17.1. The number of carbonyl (C=O) groups excluding carboxylic acids is 4. The van der Waals surface area contributed by atoms with Crippen LogP contribution in [0.5, 0.6) is 0 Å². The number of methoxy groups -OCH3 is 1. The third-order valence-corrected chi connectivity index (χ3v) is 10.3. The van der Waals surface area contributed by atoms with E-state index in [9.17, 15) is 24.3 Å². The number of primary amides is 1. The van der Waals surface area contributed by atoms with Crippen LogP contribution in [0, 0.1) is 11.8 Å². The largest absolute Gasteiger partial charge is 0.448 e. The lowest BCUT2D eigenvalue weighted by Crippen LogP contribution is -2.62. The Balaban J connectivity index is 1.42. The van der Waals surface area contributed by atoms with Crippen molar-refractivity contribution in [2.75, 3.05) is 46.4 Å². The first-order valence-electron chi connectivity index (χ1n) is 12.0. The smallest absolute Gasteiger partial charge is 0.409 e.